The molecular formula is C17H26N2O3. The second kappa shape index (κ2) is 8.63. The Kier molecular flexibility index (Phi) is 6.52. The lowest BCUT2D eigenvalue weighted by Crippen LogP contribution is -2.34. The first-order valence-electron chi connectivity index (χ1n) is 7.89. The fraction of sp³-hybridized carbons (Fsp3) is 0.588. The molecule has 0 aromatic heterocycles. The highest BCUT2D eigenvalue weighted by molar-refractivity contribution is 5.76. The third kappa shape index (κ3) is 5.56. The molecule has 1 aromatic rings. The van der Waals surface area contributed by atoms with E-state index >= 15 is 0 Å². The summed E-state index contributed by atoms with van der Waals surface area (Å²) in [5.41, 5.74) is 0. The minimum atomic E-state index is 0.132. The second-order valence-electron chi connectivity index (χ2n) is 5.82. The SMILES string of the molecule is COc1ccc(OCCNC(=O)CC2CCN(C)CC2)cc1. The van der Waals surface area contributed by atoms with Gasteiger partial charge in [-0.3, -0.25) is 4.79 Å². The van der Waals surface area contributed by atoms with Crippen molar-refractivity contribution in [2.45, 2.75) is 19.3 Å². The maximum absolute atomic E-state index is 11.9. The number of hydrogen-bond acceptors (Lipinski definition) is 4. The zero-order chi connectivity index (χ0) is 15.8. The number of rotatable bonds is 7. The number of nitrogens with one attached hydrogen (secondary N) is 1. The number of likely N-dealkylation sites (tertiary alicyclic amines) is 1. The molecule has 0 bridgehead atoms. The number of ether oxygens (including phenoxy) is 2. The highest BCUT2D eigenvalue weighted by Crippen LogP contribution is 2.19. The molecule has 1 N–H and O–H groups in total. The molecule has 0 unspecified atom stereocenters. The van der Waals surface area contributed by atoms with Crippen molar-refractivity contribution in [2.24, 2.45) is 5.92 Å². The monoisotopic (exact) mass is 306 g/mol. The van der Waals surface area contributed by atoms with Gasteiger partial charge in [-0.2, -0.15) is 0 Å². The predicted octanol–water partition coefficient (Wildman–Crippen LogP) is 1.92. The van der Waals surface area contributed by atoms with E-state index in [1.54, 1.807) is 7.11 Å². The summed E-state index contributed by atoms with van der Waals surface area (Å²) in [5.74, 6) is 2.25. The van der Waals surface area contributed by atoms with Crippen LogP contribution in [0, 0.1) is 5.92 Å². The maximum atomic E-state index is 11.9. The van der Waals surface area contributed by atoms with Gasteiger partial charge in [0, 0.05) is 6.42 Å². The molecule has 1 saturated heterocycles. The summed E-state index contributed by atoms with van der Waals surface area (Å²) in [5, 5.41) is 2.93. The van der Waals surface area contributed by atoms with Crippen molar-refractivity contribution in [3.8, 4) is 11.5 Å². The molecule has 0 atom stereocenters. The molecule has 5 heteroatoms. The summed E-state index contributed by atoms with van der Waals surface area (Å²) in [7, 11) is 3.77. The van der Waals surface area contributed by atoms with Gasteiger partial charge in [-0.25, -0.2) is 0 Å². The van der Waals surface area contributed by atoms with Crippen molar-refractivity contribution in [3.63, 3.8) is 0 Å². The molecule has 1 aromatic carbocycles. The molecule has 1 amide bonds. The van der Waals surface area contributed by atoms with Crippen LogP contribution in [0.2, 0.25) is 0 Å². The van der Waals surface area contributed by atoms with Gasteiger partial charge >= 0.3 is 0 Å². The van der Waals surface area contributed by atoms with Crippen LogP contribution in [0.4, 0.5) is 0 Å². The lowest BCUT2D eigenvalue weighted by molar-refractivity contribution is -0.122. The van der Waals surface area contributed by atoms with Gasteiger partial charge in [-0.05, 0) is 63.2 Å². The van der Waals surface area contributed by atoms with Crippen molar-refractivity contribution in [1.82, 2.24) is 10.2 Å². The van der Waals surface area contributed by atoms with E-state index < -0.39 is 0 Å². The number of carbonyl (C=O) groups excluding carboxylic acids is 1. The van der Waals surface area contributed by atoms with Crippen molar-refractivity contribution in [3.05, 3.63) is 24.3 Å². The minimum Gasteiger partial charge on any atom is -0.497 e. The molecule has 0 saturated carbocycles. The van der Waals surface area contributed by atoms with E-state index in [1.165, 1.54) is 0 Å². The molecular weight excluding hydrogens is 280 g/mol. The fourth-order valence-electron chi connectivity index (χ4n) is 2.63. The van der Waals surface area contributed by atoms with Gasteiger partial charge in [0.15, 0.2) is 0 Å². The molecule has 1 heterocycles. The average Bonchev–Trinajstić information content (AvgIpc) is 2.54. The lowest BCUT2D eigenvalue weighted by Gasteiger charge is -2.28. The van der Waals surface area contributed by atoms with Gasteiger partial charge < -0.3 is 19.7 Å². The summed E-state index contributed by atoms with van der Waals surface area (Å²) >= 11 is 0. The average molecular weight is 306 g/mol. The molecule has 0 spiro atoms. The van der Waals surface area contributed by atoms with Crippen LogP contribution in [0.25, 0.3) is 0 Å². The Labute approximate surface area is 132 Å². The van der Waals surface area contributed by atoms with Gasteiger partial charge in [0.05, 0.1) is 13.7 Å². The molecule has 0 radical (unpaired) electrons. The van der Waals surface area contributed by atoms with Crippen LogP contribution in [0.1, 0.15) is 19.3 Å². The zero-order valence-corrected chi connectivity index (χ0v) is 13.5. The molecule has 0 aliphatic carbocycles. The van der Waals surface area contributed by atoms with E-state index in [0.29, 0.717) is 25.5 Å². The van der Waals surface area contributed by atoms with Crippen LogP contribution >= 0.6 is 0 Å². The number of methoxy groups -OCH3 is 1. The summed E-state index contributed by atoms with van der Waals surface area (Å²) in [4.78, 5) is 14.2. The Morgan fingerprint density at radius 3 is 2.50 bits per heavy atom. The topological polar surface area (TPSA) is 50.8 Å². The minimum absolute atomic E-state index is 0.132. The first kappa shape index (κ1) is 16.6. The Morgan fingerprint density at radius 2 is 1.86 bits per heavy atom. The zero-order valence-electron chi connectivity index (χ0n) is 13.5. The van der Waals surface area contributed by atoms with Crippen LogP contribution in [-0.4, -0.2) is 51.2 Å². The number of carbonyl (C=O) groups is 1. The molecule has 1 aliphatic heterocycles. The highest BCUT2D eigenvalue weighted by atomic mass is 16.5. The van der Waals surface area contributed by atoms with Gasteiger partial charge in [-0.15, -0.1) is 0 Å². The first-order chi connectivity index (χ1) is 10.7. The molecule has 122 valence electrons. The van der Waals surface area contributed by atoms with Gasteiger partial charge in [-0.1, -0.05) is 0 Å². The van der Waals surface area contributed by atoms with E-state index in [2.05, 4.69) is 17.3 Å². The van der Waals surface area contributed by atoms with E-state index in [1.807, 2.05) is 24.3 Å². The Hall–Kier alpha value is -1.75. The standard InChI is InChI=1S/C17H26N2O3/c1-19-10-7-14(8-11-19)13-17(20)18-9-12-22-16-5-3-15(21-2)4-6-16/h3-6,14H,7-13H2,1-2H3,(H,18,20). The molecule has 1 fully saturated rings. The predicted molar refractivity (Wildman–Crippen MR) is 86.3 cm³/mol. The molecule has 5 nitrogen and oxygen atoms in total. The van der Waals surface area contributed by atoms with Crippen molar-refractivity contribution >= 4 is 5.91 Å². The van der Waals surface area contributed by atoms with Gasteiger partial charge in [0.25, 0.3) is 0 Å². The highest BCUT2D eigenvalue weighted by Gasteiger charge is 2.19. The Morgan fingerprint density at radius 1 is 1.23 bits per heavy atom. The van der Waals surface area contributed by atoms with Crippen LogP contribution in [0.15, 0.2) is 24.3 Å². The number of nitrogens with zero attached hydrogens (tertiary/aromatic N) is 1. The number of piperidine rings is 1. The van der Waals surface area contributed by atoms with E-state index in [9.17, 15) is 4.79 Å². The summed E-state index contributed by atoms with van der Waals surface area (Å²) in [6.07, 6.45) is 2.87. The first-order valence-corrected chi connectivity index (χ1v) is 7.89. The van der Waals surface area contributed by atoms with Crippen molar-refractivity contribution in [1.29, 1.82) is 0 Å². The third-order valence-electron chi connectivity index (χ3n) is 4.06. The normalized spacial score (nSPS) is 16.3. The Bertz CT molecular complexity index is 453. The van der Waals surface area contributed by atoms with Gasteiger partial charge in [0.1, 0.15) is 18.1 Å². The largest absolute Gasteiger partial charge is 0.497 e. The second-order valence-corrected chi connectivity index (χ2v) is 5.82. The molecule has 1 aliphatic rings. The molecule has 2 rings (SSSR count). The van der Waals surface area contributed by atoms with Crippen molar-refractivity contribution < 1.29 is 14.3 Å². The quantitative estimate of drug-likeness (QED) is 0.782. The smallest absolute Gasteiger partial charge is 0.220 e. The van der Waals surface area contributed by atoms with Crippen LogP contribution in [0.3, 0.4) is 0 Å². The van der Waals surface area contributed by atoms with Crippen LogP contribution < -0.4 is 14.8 Å². The maximum Gasteiger partial charge on any atom is 0.220 e. The third-order valence-corrected chi connectivity index (χ3v) is 4.06. The number of amides is 1. The van der Waals surface area contributed by atoms with Gasteiger partial charge in [0.2, 0.25) is 5.91 Å². The van der Waals surface area contributed by atoms with Crippen LogP contribution in [-0.2, 0) is 4.79 Å². The van der Waals surface area contributed by atoms with E-state index in [4.69, 9.17) is 9.47 Å². The summed E-state index contributed by atoms with van der Waals surface area (Å²) < 4.78 is 10.7. The number of benzene rings is 1. The molecule has 22 heavy (non-hydrogen) atoms. The van der Waals surface area contributed by atoms with E-state index in [0.717, 1.165) is 37.4 Å². The summed E-state index contributed by atoms with van der Waals surface area (Å²) in [6.45, 7) is 3.21. The van der Waals surface area contributed by atoms with Crippen molar-refractivity contribution in [2.75, 3.05) is 40.4 Å². The number of hydrogen-bond donors (Lipinski definition) is 1. The lowest BCUT2D eigenvalue weighted by atomic mass is 9.93. The van der Waals surface area contributed by atoms with Crippen LogP contribution in [0.5, 0.6) is 11.5 Å². The van der Waals surface area contributed by atoms with E-state index in [-0.39, 0.29) is 5.91 Å². The summed E-state index contributed by atoms with van der Waals surface area (Å²) in [6, 6.07) is 7.43. The fourth-order valence-corrected chi connectivity index (χ4v) is 2.63. The Balaban J connectivity index is 1.58.